The zero-order chi connectivity index (χ0) is 16.1. The number of nitrogens with one attached hydrogen (secondary N) is 1. The van der Waals surface area contributed by atoms with Crippen molar-refractivity contribution in [3.63, 3.8) is 0 Å². The lowest BCUT2D eigenvalue weighted by atomic mass is 10.0. The molecule has 0 saturated heterocycles. The van der Waals surface area contributed by atoms with Gasteiger partial charge in [0, 0.05) is 12.1 Å². The molecule has 0 radical (unpaired) electrons. The smallest absolute Gasteiger partial charge is 0.492 e. The fraction of sp³-hybridized carbons (Fsp3) is 0.571. The van der Waals surface area contributed by atoms with E-state index in [2.05, 4.69) is 46.8 Å². The van der Waals surface area contributed by atoms with E-state index in [-0.39, 0.29) is 15.8 Å². The number of rotatable bonds is 7. The first-order valence-corrected chi connectivity index (χ1v) is 7.35. The van der Waals surface area contributed by atoms with Crippen LogP contribution in [-0.4, -0.2) is 25.1 Å². The molecule has 1 aromatic rings. The van der Waals surface area contributed by atoms with Crippen molar-refractivity contribution in [2.75, 3.05) is 13.2 Å². The number of benzene rings is 1. The van der Waals surface area contributed by atoms with Crippen LogP contribution in [0.3, 0.4) is 0 Å². The van der Waals surface area contributed by atoms with Crippen molar-refractivity contribution < 1.29 is 22.6 Å². The summed E-state index contributed by atoms with van der Waals surface area (Å²) in [6.45, 7) is 7.35. The lowest BCUT2D eigenvalue weighted by Crippen LogP contribution is -2.40. The number of ether oxygens (including phenoxy) is 2. The van der Waals surface area contributed by atoms with E-state index in [0.717, 1.165) is 6.42 Å². The van der Waals surface area contributed by atoms with Gasteiger partial charge in [0.15, 0.2) is 0 Å². The summed E-state index contributed by atoms with van der Waals surface area (Å²) in [4.78, 5) is 0. The first-order valence-electron chi connectivity index (χ1n) is 6.56. The predicted molar refractivity (Wildman–Crippen MR) is 78.7 cm³/mol. The Morgan fingerprint density at radius 1 is 1.24 bits per heavy atom. The molecule has 0 aliphatic carbocycles. The Balaban J connectivity index is 2.49. The molecule has 1 aromatic carbocycles. The molecule has 7 heteroatoms. The molecule has 0 saturated carbocycles. The summed E-state index contributed by atoms with van der Waals surface area (Å²) in [5.41, 5.74) is 0.0361. The standard InChI is InChI=1S/C14H19BrF3NO2/c1-4-13(2,3)19-7-8-20-10-5-6-12(11(15)9-10)21-14(16,17)18/h5-6,9,19H,4,7-8H2,1-3H3. The maximum Gasteiger partial charge on any atom is 0.573 e. The molecule has 0 atom stereocenters. The van der Waals surface area contributed by atoms with Crippen molar-refractivity contribution in [3.8, 4) is 11.5 Å². The normalized spacial score (nSPS) is 12.3. The van der Waals surface area contributed by atoms with Crippen molar-refractivity contribution in [3.05, 3.63) is 22.7 Å². The minimum atomic E-state index is -4.71. The first-order chi connectivity index (χ1) is 9.63. The molecular formula is C14H19BrF3NO2. The number of hydrogen-bond acceptors (Lipinski definition) is 3. The highest BCUT2D eigenvalue weighted by atomic mass is 79.9. The molecule has 0 fully saturated rings. The quantitative estimate of drug-likeness (QED) is 0.717. The molecular weight excluding hydrogens is 351 g/mol. The van der Waals surface area contributed by atoms with Crippen molar-refractivity contribution in [1.82, 2.24) is 5.32 Å². The fourth-order valence-corrected chi connectivity index (χ4v) is 1.90. The Labute approximate surface area is 130 Å². The molecule has 3 nitrogen and oxygen atoms in total. The van der Waals surface area contributed by atoms with E-state index in [0.29, 0.717) is 18.9 Å². The van der Waals surface area contributed by atoms with E-state index >= 15 is 0 Å². The number of hydrogen-bond donors (Lipinski definition) is 1. The maximum absolute atomic E-state index is 12.1. The highest BCUT2D eigenvalue weighted by Crippen LogP contribution is 2.33. The van der Waals surface area contributed by atoms with Gasteiger partial charge in [0.1, 0.15) is 18.1 Å². The average Bonchev–Trinajstić information content (AvgIpc) is 2.36. The topological polar surface area (TPSA) is 30.5 Å². The van der Waals surface area contributed by atoms with Crippen molar-refractivity contribution in [2.24, 2.45) is 0 Å². The van der Waals surface area contributed by atoms with Gasteiger partial charge in [0.25, 0.3) is 0 Å². The summed E-state index contributed by atoms with van der Waals surface area (Å²) in [6.07, 6.45) is -3.72. The molecule has 21 heavy (non-hydrogen) atoms. The average molecular weight is 370 g/mol. The third-order valence-corrected chi connectivity index (χ3v) is 3.61. The second-order valence-electron chi connectivity index (χ2n) is 5.15. The maximum atomic E-state index is 12.1. The molecule has 0 amide bonds. The molecule has 0 unspecified atom stereocenters. The zero-order valence-electron chi connectivity index (χ0n) is 12.2. The fourth-order valence-electron chi connectivity index (χ4n) is 1.46. The van der Waals surface area contributed by atoms with Crippen LogP contribution >= 0.6 is 15.9 Å². The van der Waals surface area contributed by atoms with E-state index in [1.807, 2.05) is 0 Å². The van der Waals surface area contributed by atoms with Gasteiger partial charge in [-0.05, 0) is 54.4 Å². The van der Waals surface area contributed by atoms with Crippen LogP contribution in [0.4, 0.5) is 13.2 Å². The van der Waals surface area contributed by atoms with E-state index in [9.17, 15) is 13.2 Å². The largest absolute Gasteiger partial charge is 0.573 e. The van der Waals surface area contributed by atoms with Gasteiger partial charge in [-0.2, -0.15) is 0 Å². The van der Waals surface area contributed by atoms with Gasteiger partial charge in [-0.3, -0.25) is 0 Å². The molecule has 0 bridgehead atoms. The molecule has 120 valence electrons. The predicted octanol–water partition coefficient (Wildman–Crippen LogP) is 4.50. The monoisotopic (exact) mass is 369 g/mol. The molecule has 0 heterocycles. The van der Waals surface area contributed by atoms with Crippen LogP contribution in [0.15, 0.2) is 22.7 Å². The molecule has 0 aromatic heterocycles. The molecule has 0 spiro atoms. The minimum absolute atomic E-state index is 0.0361. The highest BCUT2D eigenvalue weighted by molar-refractivity contribution is 9.10. The van der Waals surface area contributed by atoms with Gasteiger partial charge in [-0.15, -0.1) is 13.2 Å². The van der Waals surface area contributed by atoms with Gasteiger partial charge in [-0.25, -0.2) is 0 Å². The minimum Gasteiger partial charge on any atom is -0.492 e. The first kappa shape index (κ1) is 18.1. The molecule has 1 rings (SSSR count). The van der Waals surface area contributed by atoms with E-state index in [1.54, 1.807) is 0 Å². The Morgan fingerprint density at radius 2 is 1.90 bits per heavy atom. The summed E-state index contributed by atoms with van der Waals surface area (Å²) in [7, 11) is 0. The SMILES string of the molecule is CCC(C)(C)NCCOc1ccc(OC(F)(F)F)c(Br)c1. The van der Waals surface area contributed by atoms with Crippen molar-refractivity contribution in [2.45, 2.75) is 39.1 Å². The van der Waals surface area contributed by atoms with Crippen LogP contribution < -0.4 is 14.8 Å². The molecule has 0 aliphatic heterocycles. The van der Waals surface area contributed by atoms with Crippen LogP contribution in [0, 0.1) is 0 Å². The Hall–Kier alpha value is -0.950. The summed E-state index contributed by atoms with van der Waals surface area (Å²) in [5, 5.41) is 3.33. The van der Waals surface area contributed by atoms with Crippen LogP contribution in [0.2, 0.25) is 0 Å². The summed E-state index contributed by atoms with van der Waals surface area (Å²) in [5.74, 6) is 0.188. The summed E-state index contributed by atoms with van der Waals surface area (Å²) >= 11 is 3.03. The third-order valence-electron chi connectivity index (χ3n) is 2.99. The Kier molecular flexibility index (Phi) is 6.34. The Bertz CT molecular complexity index is 464. The second kappa shape index (κ2) is 7.35. The van der Waals surface area contributed by atoms with Crippen LogP contribution in [0.1, 0.15) is 27.2 Å². The number of halogens is 4. The summed E-state index contributed by atoms with van der Waals surface area (Å²) < 4.78 is 45.9. The van der Waals surface area contributed by atoms with Gasteiger partial charge < -0.3 is 14.8 Å². The van der Waals surface area contributed by atoms with Gasteiger partial charge >= 0.3 is 6.36 Å². The van der Waals surface area contributed by atoms with Crippen molar-refractivity contribution >= 4 is 15.9 Å². The highest BCUT2D eigenvalue weighted by Gasteiger charge is 2.32. The van der Waals surface area contributed by atoms with E-state index in [1.165, 1.54) is 18.2 Å². The number of alkyl halides is 3. The zero-order valence-corrected chi connectivity index (χ0v) is 13.8. The van der Waals surface area contributed by atoms with Gasteiger partial charge in [-0.1, -0.05) is 6.92 Å². The van der Waals surface area contributed by atoms with Crippen LogP contribution in [0.5, 0.6) is 11.5 Å². The molecule has 1 N–H and O–H groups in total. The van der Waals surface area contributed by atoms with Gasteiger partial charge in [0.2, 0.25) is 0 Å². The van der Waals surface area contributed by atoms with Crippen LogP contribution in [0.25, 0.3) is 0 Å². The van der Waals surface area contributed by atoms with Gasteiger partial charge in [0.05, 0.1) is 4.47 Å². The third kappa shape index (κ3) is 7.04. The summed E-state index contributed by atoms with van der Waals surface area (Å²) in [6, 6.07) is 4.11. The van der Waals surface area contributed by atoms with E-state index in [4.69, 9.17) is 4.74 Å². The lowest BCUT2D eigenvalue weighted by Gasteiger charge is -2.24. The van der Waals surface area contributed by atoms with E-state index < -0.39 is 6.36 Å². The molecule has 0 aliphatic rings. The van der Waals surface area contributed by atoms with Crippen molar-refractivity contribution in [1.29, 1.82) is 0 Å². The Morgan fingerprint density at radius 3 is 2.43 bits per heavy atom. The lowest BCUT2D eigenvalue weighted by molar-refractivity contribution is -0.274. The second-order valence-corrected chi connectivity index (χ2v) is 6.01. The van der Waals surface area contributed by atoms with Crippen LogP contribution in [-0.2, 0) is 0 Å².